The number of rotatable bonds is 8. The van der Waals surface area contributed by atoms with Gasteiger partial charge in [-0.05, 0) is 25.8 Å². The molecule has 1 aromatic rings. The third kappa shape index (κ3) is 5.10. The fraction of sp³-hybridized carbons (Fsp3) is 0.562. The van der Waals surface area contributed by atoms with Gasteiger partial charge in [0.05, 0.1) is 13.2 Å². The Morgan fingerprint density at radius 3 is 2.81 bits per heavy atom. The van der Waals surface area contributed by atoms with Crippen LogP contribution in [0.4, 0.5) is 4.39 Å². The number of carbonyl (C=O) groups excluding carboxylic acids is 1. The molecule has 1 aliphatic rings. The summed E-state index contributed by atoms with van der Waals surface area (Å²) in [5.74, 6) is -0.251. The van der Waals surface area contributed by atoms with Crippen molar-refractivity contribution in [1.82, 2.24) is 10.2 Å². The first-order valence-electron chi connectivity index (χ1n) is 7.36. The predicted octanol–water partition coefficient (Wildman–Crippen LogP) is 1.94. The van der Waals surface area contributed by atoms with Crippen LogP contribution in [-0.4, -0.2) is 43.2 Å². The third-order valence-electron chi connectivity index (χ3n) is 3.57. The van der Waals surface area contributed by atoms with Crippen LogP contribution < -0.4 is 5.32 Å². The van der Waals surface area contributed by atoms with Crippen LogP contribution in [-0.2, 0) is 16.1 Å². The van der Waals surface area contributed by atoms with Crippen molar-refractivity contribution in [2.24, 2.45) is 0 Å². The molecular weight excluding hydrogens is 271 g/mol. The molecule has 5 heteroatoms. The fourth-order valence-electron chi connectivity index (χ4n) is 2.40. The van der Waals surface area contributed by atoms with E-state index >= 15 is 0 Å². The molecule has 0 aromatic heterocycles. The maximum Gasteiger partial charge on any atom is 0.234 e. The SMILES string of the molecule is COC[C@H](C)NC(=O)CN(Cc1ccccc1F)C1CC1. The number of halogens is 1. The van der Waals surface area contributed by atoms with Gasteiger partial charge in [-0.15, -0.1) is 0 Å². The zero-order valence-corrected chi connectivity index (χ0v) is 12.6. The molecule has 21 heavy (non-hydrogen) atoms. The second-order valence-electron chi connectivity index (χ2n) is 5.65. The van der Waals surface area contributed by atoms with E-state index in [-0.39, 0.29) is 17.8 Å². The maximum absolute atomic E-state index is 13.7. The van der Waals surface area contributed by atoms with Crippen molar-refractivity contribution in [3.8, 4) is 0 Å². The largest absolute Gasteiger partial charge is 0.383 e. The Morgan fingerprint density at radius 1 is 1.48 bits per heavy atom. The highest BCUT2D eigenvalue weighted by Gasteiger charge is 2.30. The van der Waals surface area contributed by atoms with Crippen LogP contribution in [0.5, 0.6) is 0 Å². The lowest BCUT2D eigenvalue weighted by molar-refractivity contribution is -0.123. The second-order valence-corrected chi connectivity index (χ2v) is 5.65. The van der Waals surface area contributed by atoms with Crippen LogP contribution in [0.25, 0.3) is 0 Å². The molecule has 1 amide bonds. The van der Waals surface area contributed by atoms with E-state index in [1.807, 2.05) is 17.9 Å². The van der Waals surface area contributed by atoms with E-state index in [1.165, 1.54) is 6.07 Å². The molecular formula is C16H23FN2O2. The number of benzene rings is 1. The van der Waals surface area contributed by atoms with Gasteiger partial charge in [0.1, 0.15) is 5.82 Å². The first-order valence-corrected chi connectivity index (χ1v) is 7.36. The summed E-state index contributed by atoms with van der Waals surface area (Å²) < 4.78 is 18.7. The highest BCUT2D eigenvalue weighted by Crippen LogP contribution is 2.28. The lowest BCUT2D eigenvalue weighted by atomic mass is 10.2. The van der Waals surface area contributed by atoms with Crippen LogP contribution in [0.1, 0.15) is 25.3 Å². The van der Waals surface area contributed by atoms with Gasteiger partial charge in [-0.25, -0.2) is 4.39 Å². The van der Waals surface area contributed by atoms with E-state index in [4.69, 9.17) is 4.74 Å². The molecule has 0 unspecified atom stereocenters. The third-order valence-corrected chi connectivity index (χ3v) is 3.57. The van der Waals surface area contributed by atoms with Gasteiger partial charge in [0.2, 0.25) is 5.91 Å². The van der Waals surface area contributed by atoms with Gasteiger partial charge in [-0.3, -0.25) is 9.69 Å². The number of hydrogen-bond donors (Lipinski definition) is 1. The summed E-state index contributed by atoms with van der Waals surface area (Å²) in [6.45, 7) is 3.17. The smallest absolute Gasteiger partial charge is 0.234 e. The quantitative estimate of drug-likeness (QED) is 0.796. The van der Waals surface area contributed by atoms with Crippen LogP contribution in [0.15, 0.2) is 24.3 Å². The van der Waals surface area contributed by atoms with Crippen molar-refractivity contribution >= 4 is 5.91 Å². The number of methoxy groups -OCH3 is 1. The van der Waals surface area contributed by atoms with Crippen molar-refractivity contribution in [1.29, 1.82) is 0 Å². The molecule has 116 valence electrons. The van der Waals surface area contributed by atoms with Crippen molar-refractivity contribution in [3.63, 3.8) is 0 Å². The summed E-state index contributed by atoms with van der Waals surface area (Å²) >= 11 is 0. The lowest BCUT2D eigenvalue weighted by Crippen LogP contribution is -2.43. The number of nitrogens with zero attached hydrogens (tertiary/aromatic N) is 1. The molecule has 1 aromatic carbocycles. The Balaban J connectivity index is 1.91. The van der Waals surface area contributed by atoms with E-state index in [9.17, 15) is 9.18 Å². The van der Waals surface area contributed by atoms with Gasteiger partial charge in [-0.2, -0.15) is 0 Å². The molecule has 0 radical (unpaired) electrons. The summed E-state index contributed by atoms with van der Waals surface area (Å²) in [6, 6.07) is 7.12. The Kier molecular flexibility index (Phi) is 5.70. The van der Waals surface area contributed by atoms with E-state index in [0.29, 0.717) is 31.3 Å². The molecule has 1 N–H and O–H groups in total. The van der Waals surface area contributed by atoms with Crippen LogP contribution in [0.2, 0.25) is 0 Å². The van der Waals surface area contributed by atoms with Crippen LogP contribution in [0.3, 0.4) is 0 Å². The number of amides is 1. The van der Waals surface area contributed by atoms with Gasteiger partial charge in [-0.1, -0.05) is 18.2 Å². The predicted molar refractivity (Wildman–Crippen MR) is 79.3 cm³/mol. The maximum atomic E-state index is 13.7. The Morgan fingerprint density at radius 2 is 2.19 bits per heavy atom. The standard InChI is InChI=1S/C16H23FN2O2/c1-12(11-21-2)18-16(20)10-19(14-7-8-14)9-13-5-3-4-6-15(13)17/h3-6,12,14H,7-11H2,1-2H3,(H,18,20)/t12-/m0/s1. The molecule has 4 nitrogen and oxygen atoms in total. The van der Waals surface area contributed by atoms with E-state index in [0.717, 1.165) is 12.8 Å². The summed E-state index contributed by atoms with van der Waals surface area (Å²) in [4.78, 5) is 14.1. The summed E-state index contributed by atoms with van der Waals surface area (Å²) in [5.41, 5.74) is 0.641. The molecule has 1 fully saturated rings. The van der Waals surface area contributed by atoms with Gasteiger partial charge >= 0.3 is 0 Å². The molecule has 0 saturated heterocycles. The van der Waals surface area contributed by atoms with Gasteiger partial charge in [0.15, 0.2) is 0 Å². The zero-order chi connectivity index (χ0) is 15.2. The monoisotopic (exact) mass is 294 g/mol. The molecule has 0 aliphatic heterocycles. The molecule has 1 saturated carbocycles. The first kappa shape index (κ1) is 15.9. The highest BCUT2D eigenvalue weighted by molar-refractivity contribution is 5.78. The molecule has 1 aliphatic carbocycles. The number of hydrogen-bond acceptors (Lipinski definition) is 3. The molecule has 0 bridgehead atoms. The number of nitrogens with one attached hydrogen (secondary N) is 1. The van der Waals surface area contributed by atoms with Gasteiger partial charge in [0, 0.05) is 31.3 Å². The zero-order valence-electron chi connectivity index (χ0n) is 12.6. The molecule has 2 rings (SSSR count). The van der Waals surface area contributed by atoms with Crippen molar-refractivity contribution in [2.75, 3.05) is 20.3 Å². The molecule has 0 heterocycles. The second kappa shape index (κ2) is 7.52. The Bertz CT molecular complexity index is 477. The van der Waals surface area contributed by atoms with Crippen LogP contribution >= 0.6 is 0 Å². The van der Waals surface area contributed by atoms with Crippen molar-refractivity contribution < 1.29 is 13.9 Å². The topological polar surface area (TPSA) is 41.6 Å². The van der Waals surface area contributed by atoms with Crippen molar-refractivity contribution in [2.45, 2.75) is 38.4 Å². The Labute approximate surface area is 125 Å². The van der Waals surface area contributed by atoms with E-state index < -0.39 is 0 Å². The van der Waals surface area contributed by atoms with Gasteiger partial charge < -0.3 is 10.1 Å². The first-order chi connectivity index (χ1) is 10.1. The molecule has 1 atom stereocenters. The number of ether oxygens (including phenoxy) is 1. The van der Waals surface area contributed by atoms with Crippen LogP contribution in [0, 0.1) is 5.82 Å². The average Bonchev–Trinajstić information content (AvgIpc) is 3.25. The minimum atomic E-state index is -0.212. The van der Waals surface area contributed by atoms with E-state index in [1.54, 1.807) is 19.2 Å². The highest BCUT2D eigenvalue weighted by atomic mass is 19.1. The van der Waals surface area contributed by atoms with Crippen molar-refractivity contribution in [3.05, 3.63) is 35.6 Å². The Hall–Kier alpha value is -1.46. The average molecular weight is 294 g/mol. The minimum Gasteiger partial charge on any atom is -0.383 e. The summed E-state index contributed by atoms with van der Waals surface area (Å²) in [6.07, 6.45) is 2.16. The summed E-state index contributed by atoms with van der Waals surface area (Å²) in [7, 11) is 1.61. The van der Waals surface area contributed by atoms with E-state index in [2.05, 4.69) is 5.32 Å². The number of carbonyl (C=O) groups is 1. The fourth-order valence-corrected chi connectivity index (χ4v) is 2.40. The summed E-state index contributed by atoms with van der Waals surface area (Å²) in [5, 5.41) is 2.89. The minimum absolute atomic E-state index is 0.0167. The lowest BCUT2D eigenvalue weighted by Gasteiger charge is -2.23. The molecule has 0 spiro atoms. The normalized spacial score (nSPS) is 16.0. The van der Waals surface area contributed by atoms with Gasteiger partial charge in [0.25, 0.3) is 0 Å².